The molecule has 0 spiro atoms. The Bertz CT molecular complexity index is 2810. The van der Waals surface area contributed by atoms with Crippen LogP contribution in [0.25, 0.3) is 66.1 Å². The van der Waals surface area contributed by atoms with Crippen molar-refractivity contribution in [1.29, 1.82) is 0 Å². The third-order valence-electron chi connectivity index (χ3n) is 11.0. The van der Waals surface area contributed by atoms with Gasteiger partial charge in [-0.25, -0.2) is 0 Å². The van der Waals surface area contributed by atoms with E-state index in [0.29, 0.717) is 0 Å². The van der Waals surface area contributed by atoms with Gasteiger partial charge in [0.15, 0.2) is 0 Å². The molecule has 11 rings (SSSR count). The van der Waals surface area contributed by atoms with E-state index in [1.54, 1.807) is 0 Å². The van der Waals surface area contributed by atoms with Gasteiger partial charge in [0.25, 0.3) is 0 Å². The van der Waals surface area contributed by atoms with Crippen LogP contribution in [-0.4, -0.2) is 9.13 Å². The van der Waals surface area contributed by atoms with E-state index in [4.69, 9.17) is 0 Å². The SMILES string of the molecule is CC1(C)c2ccccc2-c2ccc(N3c4ccccc4-n4c5ccc6c7ccccc7n(-c7ccccc7)c6c5c5cccc3c54)cc21. The predicted molar refractivity (Wildman–Crippen MR) is 201 cm³/mol. The summed E-state index contributed by atoms with van der Waals surface area (Å²) < 4.78 is 4.97. The Balaban J connectivity index is 1.25. The molecule has 3 heteroatoms. The molecule has 0 N–H and O–H groups in total. The Labute approximate surface area is 278 Å². The van der Waals surface area contributed by atoms with Gasteiger partial charge in [-0.15, -0.1) is 0 Å². The van der Waals surface area contributed by atoms with Crippen molar-refractivity contribution in [3.8, 4) is 22.5 Å². The van der Waals surface area contributed by atoms with Crippen molar-refractivity contribution < 1.29 is 0 Å². The van der Waals surface area contributed by atoms with Crippen molar-refractivity contribution in [2.24, 2.45) is 0 Å². The Kier molecular flexibility index (Phi) is 4.91. The van der Waals surface area contributed by atoms with Crippen LogP contribution < -0.4 is 4.90 Å². The molecule has 9 aromatic rings. The van der Waals surface area contributed by atoms with Crippen molar-refractivity contribution in [2.75, 3.05) is 4.90 Å². The standard InChI is InChI=1S/C45H31N3/c1-45(2)35-18-8-6-15-30(35)31-24-23-29(27-36(31)45)46-38-20-10-11-21-39(38)48-40-26-25-33-32-16-7-9-19-37(32)47(28-13-4-3-5-14-28)44(33)42(40)34-17-12-22-41(46)43(34)48/h3-27H,1-2H3. The first-order chi connectivity index (χ1) is 23.6. The number of aromatic nitrogens is 2. The second kappa shape index (κ2) is 9.05. The lowest BCUT2D eigenvalue weighted by Crippen LogP contribution is -2.19. The van der Waals surface area contributed by atoms with E-state index in [1.807, 2.05) is 0 Å². The summed E-state index contributed by atoms with van der Waals surface area (Å²) in [4.78, 5) is 2.49. The summed E-state index contributed by atoms with van der Waals surface area (Å²) in [5.41, 5.74) is 16.3. The molecule has 2 aliphatic rings. The normalized spacial score (nSPS) is 14.2. The van der Waals surface area contributed by atoms with Crippen LogP contribution in [0, 0.1) is 0 Å². The lowest BCUT2D eigenvalue weighted by Gasteiger charge is -2.34. The van der Waals surface area contributed by atoms with Gasteiger partial charge in [0, 0.05) is 38.3 Å². The molecule has 0 bridgehead atoms. The number of para-hydroxylation sites is 5. The maximum absolute atomic E-state index is 2.51. The van der Waals surface area contributed by atoms with Crippen molar-refractivity contribution in [1.82, 2.24) is 9.13 Å². The monoisotopic (exact) mass is 613 g/mol. The summed E-state index contributed by atoms with van der Waals surface area (Å²) in [6, 6.07) is 56.0. The number of fused-ring (bicyclic) bond motifs is 12. The van der Waals surface area contributed by atoms with Gasteiger partial charge < -0.3 is 14.0 Å². The molecule has 7 aromatic carbocycles. The molecule has 226 valence electrons. The number of benzene rings is 7. The Morgan fingerprint density at radius 3 is 2.02 bits per heavy atom. The zero-order valence-electron chi connectivity index (χ0n) is 26.8. The largest absolute Gasteiger partial charge is 0.309 e. The first-order valence-electron chi connectivity index (χ1n) is 16.8. The Morgan fingerprint density at radius 1 is 0.417 bits per heavy atom. The lowest BCUT2D eigenvalue weighted by atomic mass is 9.82. The minimum atomic E-state index is -0.0748. The van der Waals surface area contributed by atoms with Crippen molar-refractivity contribution >= 4 is 60.7 Å². The van der Waals surface area contributed by atoms with Crippen LogP contribution in [0.5, 0.6) is 0 Å². The van der Waals surface area contributed by atoms with Crippen LogP contribution in [0.3, 0.4) is 0 Å². The molecular weight excluding hydrogens is 583 g/mol. The minimum absolute atomic E-state index is 0.0748. The van der Waals surface area contributed by atoms with Crippen molar-refractivity contribution in [3.05, 3.63) is 163 Å². The molecule has 0 unspecified atom stereocenters. The van der Waals surface area contributed by atoms with E-state index in [1.165, 1.54) is 94.3 Å². The van der Waals surface area contributed by atoms with Crippen molar-refractivity contribution in [3.63, 3.8) is 0 Å². The quantitative estimate of drug-likeness (QED) is 0.189. The maximum atomic E-state index is 2.51. The first-order valence-corrected chi connectivity index (χ1v) is 16.8. The minimum Gasteiger partial charge on any atom is -0.309 e. The molecule has 3 nitrogen and oxygen atoms in total. The molecular formula is C45H31N3. The lowest BCUT2D eigenvalue weighted by molar-refractivity contribution is 0.660. The molecule has 3 heterocycles. The van der Waals surface area contributed by atoms with Gasteiger partial charge in [0.2, 0.25) is 0 Å². The summed E-state index contributed by atoms with van der Waals surface area (Å²) in [6.07, 6.45) is 0. The smallest absolute Gasteiger partial charge is 0.0784 e. The molecule has 0 fully saturated rings. The van der Waals surface area contributed by atoms with Crippen LogP contribution in [0.15, 0.2) is 152 Å². The highest BCUT2D eigenvalue weighted by molar-refractivity contribution is 6.28. The van der Waals surface area contributed by atoms with Crippen LogP contribution in [0.2, 0.25) is 0 Å². The Hall–Kier alpha value is -6.06. The molecule has 1 aliphatic carbocycles. The zero-order valence-corrected chi connectivity index (χ0v) is 26.8. The fourth-order valence-corrected chi connectivity index (χ4v) is 8.94. The number of rotatable bonds is 2. The summed E-state index contributed by atoms with van der Waals surface area (Å²) in [5, 5.41) is 5.10. The molecule has 2 aromatic heterocycles. The topological polar surface area (TPSA) is 13.1 Å². The average Bonchev–Trinajstić information content (AvgIpc) is 3.73. The first kappa shape index (κ1) is 26.1. The fourth-order valence-electron chi connectivity index (χ4n) is 8.94. The zero-order chi connectivity index (χ0) is 31.7. The van der Waals surface area contributed by atoms with Crippen LogP contribution in [0.4, 0.5) is 17.1 Å². The number of nitrogens with zero attached hydrogens (tertiary/aromatic N) is 3. The van der Waals surface area contributed by atoms with Crippen LogP contribution in [0.1, 0.15) is 25.0 Å². The summed E-state index contributed by atoms with van der Waals surface area (Å²) in [6.45, 7) is 4.72. The molecule has 0 amide bonds. The number of hydrogen-bond donors (Lipinski definition) is 0. The second-order valence-corrected chi connectivity index (χ2v) is 13.8. The summed E-state index contributed by atoms with van der Waals surface area (Å²) >= 11 is 0. The molecule has 0 saturated heterocycles. The second-order valence-electron chi connectivity index (χ2n) is 13.8. The van der Waals surface area contributed by atoms with Gasteiger partial charge in [-0.2, -0.15) is 0 Å². The van der Waals surface area contributed by atoms with Gasteiger partial charge >= 0.3 is 0 Å². The van der Waals surface area contributed by atoms with E-state index in [2.05, 4.69) is 180 Å². The third kappa shape index (κ3) is 3.14. The van der Waals surface area contributed by atoms with Gasteiger partial charge in [-0.3, -0.25) is 0 Å². The van der Waals surface area contributed by atoms with Gasteiger partial charge in [0.1, 0.15) is 0 Å². The summed E-state index contributed by atoms with van der Waals surface area (Å²) in [7, 11) is 0. The van der Waals surface area contributed by atoms with Crippen LogP contribution >= 0.6 is 0 Å². The average molecular weight is 614 g/mol. The fraction of sp³-hybridized carbons (Fsp3) is 0.0667. The highest BCUT2D eigenvalue weighted by Crippen LogP contribution is 2.54. The molecule has 0 radical (unpaired) electrons. The summed E-state index contributed by atoms with van der Waals surface area (Å²) in [5.74, 6) is 0. The highest BCUT2D eigenvalue weighted by Gasteiger charge is 2.37. The predicted octanol–water partition coefficient (Wildman–Crippen LogP) is 12.0. The molecule has 1 aliphatic heterocycles. The van der Waals surface area contributed by atoms with Crippen LogP contribution in [-0.2, 0) is 5.41 Å². The van der Waals surface area contributed by atoms with E-state index in [0.717, 1.165) is 0 Å². The van der Waals surface area contributed by atoms with E-state index in [9.17, 15) is 0 Å². The molecule has 0 atom stereocenters. The number of hydrogen-bond acceptors (Lipinski definition) is 1. The highest BCUT2D eigenvalue weighted by atomic mass is 15.2. The van der Waals surface area contributed by atoms with E-state index in [-0.39, 0.29) is 5.41 Å². The van der Waals surface area contributed by atoms with Gasteiger partial charge in [0.05, 0.1) is 39.1 Å². The van der Waals surface area contributed by atoms with Gasteiger partial charge in [-0.1, -0.05) is 111 Å². The third-order valence-corrected chi connectivity index (χ3v) is 11.0. The maximum Gasteiger partial charge on any atom is 0.0784 e. The number of anilines is 3. The Morgan fingerprint density at radius 2 is 1.12 bits per heavy atom. The van der Waals surface area contributed by atoms with E-state index >= 15 is 0 Å². The molecule has 0 saturated carbocycles. The van der Waals surface area contributed by atoms with Crippen molar-refractivity contribution in [2.45, 2.75) is 19.3 Å². The van der Waals surface area contributed by atoms with E-state index < -0.39 is 0 Å². The van der Waals surface area contributed by atoms with Gasteiger partial charge in [-0.05, 0) is 76.9 Å². The molecule has 48 heavy (non-hydrogen) atoms.